The molecule has 0 saturated carbocycles. The zero-order valence-electron chi connectivity index (χ0n) is 26.2. The van der Waals surface area contributed by atoms with Gasteiger partial charge >= 0.3 is 0 Å². The number of carbonyl (C=O) groups excluding carboxylic acids is 1. The predicted octanol–water partition coefficient (Wildman–Crippen LogP) is 7.57. The van der Waals surface area contributed by atoms with E-state index in [-0.39, 0.29) is 5.78 Å². The van der Waals surface area contributed by atoms with Gasteiger partial charge in [0.15, 0.2) is 5.78 Å². The molecule has 0 aliphatic carbocycles. The van der Waals surface area contributed by atoms with Crippen molar-refractivity contribution in [1.82, 2.24) is 15.0 Å². The quantitative estimate of drug-likeness (QED) is 0.207. The van der Waals surface area contributed by atoms with Gasteiger partial charge < -0.3 is 14.4 Å². The predicted molar refractivity (Wildman–Crippen MR) is 173 cm³/mol. The standard InChI is InChI=1S/C36H38N4O3/c1-20-17-28-21(2)25(24-18-38-35(39-19-24)40(7)8)9-10-26(28)32(30(20)34(22(3)41)43-36(4,5)6)27-11-12-29-31-23(14-16-42-29)13-15-37-33(27)31/h9-13,15,17-19,34H,14,16H2,1-8H3. The fourth-order valence-electron chi connectivity index (χ4n) is 6.20. The molecule has 3 aromatic carbocycles. The summed E-state index contributed by atoms with van der Waals surface area (Å²) < 4.78 is 12.6. The number of ketones is 1. The molecule has 0 saturated heterocycles. The second-order valence-electron chi connectivity index (χ2n) is 12.6. The maximum absolute atomic E-state index is 13.3. The van der Waals surface area contributed by atoms with E-state index >= 15 is 0 Å². The highest BCUT2D eigenvalue weighted by molar-refractivity contribution is 6.10. The minimum atomic E-state index is -0.742. The highest BCUT2D eigenvalue weighted by Crippen LogP contribution is 2.46. The first-order valence-corrected chi connectivity index (χ1v) is 14.7. The Bertz CT molecular complexity index is 1880. The third-order valence-corrected chi connectivity index (χ3v) is 8.13. The van der Waals surface area contributed by atoms with E-state index in [2.05, 4.69) is 54.1 Å². The number of hydrogen-bond acceptors (Lipinski definition) is 7. The van der Waals surface area contributed by atoms with Gasteiger partial charge in [0.25, 0.3) is 0 Å². The Labute approximate surface area is 252 Å². The number of benzene rings is 3. The van der Waals surface area contributed by atoms with Crippen LogP contribution < -0.4 is 9.64 Å². The van der Waals surface area contributed by atoms with Crippen molar-refractivity contribution in [1.29, 1.82) is 0 Å². The number of rotatable bonds is 6. The van der Waals surface area contributed by atoms with Crippen LogP contribution in [0.1, 0.15) is 56.1 Å². The Morgan fingerprint density at radius 2 is 1.70 bits per heavy atom. The van der Waals surface area contributed by atoms with Gasteiger partial charge in [-0.05, 0) is 104 Å². The van der Waals surface area contributed by atoms with E-state index in [1.807, 2.05) is 64.4 Å². The van der Waals surface area contributed by atoms with Crippen molar-refractivity contribution in [2.45, 2.75) is 59.7 Å². The summed E-state index contributed by atoms with van der Waals surface area (Å²) in [4.78, 5) is 29.2. The molecule has 5 aromatic rings. The Kier molecular flexibility index (Phi) is 7.17. The van der Waals surface area contributed by atoms with Crippen LogP contribution in [0.15, 0.2) is 55.0 Å². The number of ether oxygens (including phenoxy) is 2. The highest BCUT2D eigenvalue weighted by atomic mass is 16.5. The number of aryl methyl sites for hydroxylation is 2. The van der Waals surface area contributed by atoms with Crippen LogP contribution in [0.5, 0.6) is 5.75 Å². The third kappa shape index (κ3) is 5.12. The average Bonchev–Trinajstić information content (AvgIpc) is 2.96. The molecule has 0 N–H and O–H groups in total. The largest absolute Gasteiger partial charge is 0.493 e. The van der Waals surface area contributed by atoms with Crippen molar-refractivity contribution in [3.05, 3.63) is 77.2 Å². The minimum absolute atomic E-state index is 0.0379. The average molecular weight is 575 g/mol. The fraction of sp³-hybridized carbons (Fsp3) is 0.333. The number of nitrogens with zero attached hydrogens (tertiary/aromatic N) is 4. The molecule has 0 radical (unpaired) electrons. The van der Waals surface area contributed by atoms with Crippen LogP contribution in [0, 0.1) is 13.8 Å². The SMILES string of the molecule is CC(=O)C(OC(C)(C)C)c1c(C)cc2c(C)c(-c3cnc(N(C)C)nc3)ccc2c1-c1ccc2c3c(ccnc13)CCO2. The molecule has 0 spiro atoms. The van der Waals surface area contributed by atoms with Gasteiger partial charge in [-0.15, -0.1) is 0 Å². The van der Waals surface area contributed by atoms with E-state index in [0.717, 1.165) is 72.8 Å². The maximum atomic E-state index is 13.3. The molecule has 0 bridgehead atoms. The molecule has 3 heterocycles. The second-order valence-corrected chi connectivity index (χ2v) is 12.6. The summed E-state index contributed by atoms with van der Waals surface area (Å²) in [6.07, 6.45) is 5.71. The van der Waals surface area contributed by atoms with E-state index in [1.165, 1.54) is 5.56 Å². The number of fused-ring (bicyclic) bond motifs is 1. The Morgan fingerprint density at radius 1 is 0.977 bits per heavy atom. The van der Waals surface area contributed by atoms with Crippen LogP contribution in [0.25, 0.3) is 43.9 Å². The van der Waals surface area contributed by atoms with Gasteiger partial charge in [-0.2, -0.15) is 0 Å². The summed E-state index contributed by atoms with van der Waals surface area (Å²) >= 11 is 0. The molecular formula is C36H38N4O3. The Balaban J connectivity index is 1.68. The molecule has 1 atom stereocenters. The lowest BCUT2D eigenvalue weighted by atomic mass is 9.83. The summed E-state index contributed by atoms with van der Waals surface area (Å²) in [7, 11) is 3.86. The van der Waals surface area contributed by atoms with Gasteiger partial charge in [0, 0.05) is 55.6 Å². The van der Waals surface area contributed by atoms with Crippen LogP contribution >= 0.6 is 0 Å². The smallest absolute Gasteiger partial charge is 0.224 e. The molecule has 0 fully saturated rings. The minimum Gasteiger partial charge on any atom is -0.493 e. The number of Topliss-reactive ketones (excluding diaryl/α,β-unsaturated/α-hetero) is 1. The molecule has 7 heteroatoms. The lowest BCUT2D eigenvalue weighted by Gasteiger charge is -2.30. The summed E-state index contributed by atoms with van der Waals surface area (Å²) in [5.74, 6) is 1.47. The van der Waals surface area contributed by atoms with Gasteiger partial charge in [-0.3, -0.25) is 9.78 Å². The Hall–Kier alpha value is -4.36. The van der Waals surface area contributed by atoms with E-state index in [0.29, 0.717) is 12.6 Å². The lowest BCUT2D eigenvalue weighted by Crippen LogP contribution is -2.27. The highest BCUT2D eigenvalue weighted by Gasteiger charge is 2.31. The van der Waals surface area contributed by atoms with Crippen molar-refractivity contribution in [2.75, 3.05) is 25.6 Å². The van der Waals surface area contributed by atoms with Gasteiger partial charge in [0.05, 0.1) is 17.7 Å². The van der Waals surface area contributed by atoms with E-state index in [4.69, 9.17) is 14.5 Å². The summed E-state index contributed by atoms with van der Waals surface area (Å²) in [6.45, 7) is 12.4. The number of pyridine rings is 1. The molecule has 6 rings (SSSR count). The van der Waals surface area contributed by atoms with Gasteiger partial charge in [-0.1, -0.05) is 18.2 Å². The van der Waals surface area contributed by atoms with E-state index in [1.54, 1.807) is 6.92 Å². The molecule has 0 amide bonds. The Morgan fingerprint density at radius 3 is 2.37 bits per heavy atom. The van der Waals surface area contributed by atoms with Crippen molar-refractivity contribution in [3.8, 4) is 28.0 Å². The molecular weight excluding hydrogens is 536 g/mol. The molecule has 7 nitrogen and oxygen atoms in total. The molecule has 2 aromatic heterocycles. The van der Waals surface area contributed by atoms with Crippen molar-refractivity contribution < 1.29 is 14.3 Å². The van der Waals surface area contributed by atoms with Crippen LogP contribution in [0.3, 0.4) is 0 Å². The first kappa shape index (κ1) is 28.7. The first-order valence-electron chi connectivity index (χ1n) is 14.7. The van der Waals surface area contributed by atoms with E-state index in [9.17, 15) is 4.79 Å². The van der Waals surface area contributed by atoms with Crippen LogP contribution in [-0.2, 0) is 16.0 Å². The maximum Gasteiger partial charge on any atom is 0.224 e. The number of carbonyl (C=O) groups is 1. The number of anilines is 1. The topological polar surface area (TPSA) is 77.4 Å². The summed E-state index contributed by atoms with van der Waals surface area (Å²) in [5, 5.41) is 3.17. The second kappa shape index (κ2) is 10.7. The molecule has 220 valence electrons. The van der Waals surface area contributed by atoms with Crippen molar-refractivity contribution in [3.63, 3.8) is 0 Å². The molecule has 1 unspecified atom stereocenters. The fourth-order valence-corrected chi connectivity index (χ4v) is 6.20. The third-order valence-electron chi connectivity index (χ3n) is 8.13. The van der Waals surface area contributed by atoms with Crippen molar-refractivity contribution >= 4 is 33.4 Å². The van der Waals surface area contributed by atoms with Gasteiger partial charge in [0.1, 0.15) is 11.9 Å². The normalized spacial score (nSPS) is 13.7. The van der Waals surface area contributed by atoms with Gasteiger partial charge in [0.2, 0.25) is 5.95 Å². The number of aromatic nitrogens is 3. The zero-order chi connectivity index (χ0) is 30.6. The van der Waals surface area contributed by atoms with Crippen LogP contribution in [-0.4, -0.2) is 47.0 Å². The lowest BCUT2D eigenvalue weighted by molar-refractivity contribution is -0.138. The summed E-state index contributed by atoms with van der Waals surface area (Å²) in [5.41, 5.74) is 8.49. The van der Waals surface area contributed by atoms with Crippen molar-refractivity contribution in [2.24, 2.45) is 0 Å². The van der Waals surface area contributed by atoms with E-state index < -0.39 is 11.7 Å². The number of hydrogen-bond donors (Lipinski definition) is 0. The zero-order valence-corrected chi connectivity index (χ0v) is 26.2. The monoisotopic (exact) mass is 574 g/mol. The van der Waals surface area contributed by atoms with Crippen LogP contribution in [0.2, 0.25) is 0 Å². The summed E-state index contributed by atoms with van der Waals surface area (Å²) in [6, 6.07) is 12.7. The molecule has 1 aliphatic heterocycles. The molecule has 1 aliphatic rings. The molecule has 43 heavy (non-hydrogen) atoms. The van der Waals surface area contributed by atoms with Gasteiger partial charge in [-0.25, -0.2) is 9.97 Å². The van der Waals surface area contributed by atoms with Crippen LogP contribution in [0.4, 0.5) is 5.95 Å². The first-order chi connectivity index (χ1) is 20.4.